The number of para-hydroxylation sites is 3. The average molecular weight is 465 g/mol. The molecule has 8 heteroatoms. The summed E-state index contributed by atoms with van der Waals surface area (Å²) in [5.74, 6) is 0.451. The Hall–Kier alpha value is -4.46. The fraction of sp³-hybridized carbons (Fsp3) is 0.185. The van der Waals surface area contributed by atoms with E-state index in [1.165, 1.54) is 13.8 Å². The minimum absolute atomic E-state index is 0.131. The Morgan fingerprint density at radius 1 is 0.657 bits per heavy atom. The smallest absolute Gasteiger partial charge is 0.198 e. The fourth-order valence-corrected chi connectivity index (χ4v) is 5.12. The average Bonchev–Trinajstić information content (AvgIpc) is 3.45. The van der Waals surface area contributed by atoms with Gasteiger partial charge in [0.2, 0.25) is 0 Å². The Bertz CT molecular complexity index is 1400. The number of hydrogen-bond acceptors (Lipinski definition) is 8. The maximum Gasteiger partial charge on any atom is 0.198 e. The van der Waals surface area contributed by atoms with E-state index in [1.807, 2.05) is 106 Å². The van der Waals surface area contributed by atoms with E-state index < -0.39 is 12.3 Å². The molecule has 0 fully saturated rings. The van der Waals surface area contributed by atoms with Crippen LogP contribution in [0.2, 0.25) is 0 Å². The number of carbonyl (C=O) groups is 2. The first-order valence-electron chi connectivity index (χ1n) is 11.5. The van der Waals surface area contributed by atoms with Crippen LogP contribution in [0.4, 0.5) is 22.7 Å². The van der Waals surface area contributed by atoms with Gasteiger partial charge in [-0.25, -0.2) is 10.0 Å². The first-order chi connectivity index (χ1) is 17.0. The van der Waals surface area contributed by atoms with Crippen molar-refractivity contribution in [3.8, 4) is 0 Å². The number of hydrogen-bond donors (Lipinski definition) is 0. The van der Waals surface area contributed by atoms with Crippen molar-refractivity contribution in [2.45, 2.75) is 33.1 Å². The van der Waals surface area contributed by atoms with Gasteiger partial charge >= 0.3 is 0 Å². The summed E-state index contributed by atoms with van der Waals surface area (Å²) < 4.78 is 0. The standard InChI is InChI=1S/C27H24N6O2/c1-17-11-10-16-22-23(17)31-25(19(3)35)29-33(21-14-8-5-9-15-21)27(31)26-30(22)24(18(2)34)28-32(26)20-12-6-4-7-13-20/h4-16,26-27H,1-3H3. The molecule has 0 bridgehead atoms. The lowest BCUT2D eigenvalue weighted by Gasteiger charge is -2.47. The van der Waals surface area contributed by atoms with Gasteiger partial charge in [0.05, 0.1) is 22.7 Å². The van der Waals surface area contributed by atoms with Crippen LogP contribution in [0.1, 0.15) is 19.4 Å². The van der Waals surface area contributed by atoms with Crippen LogP contribution in [0.15, 0.2) is 89.1 Å². The van der Waals surface area contributed by atoms with Crippen molar-refractivity contribution in [3.63, 3.8) is 0 Å². The molecule has 8 nitrogen and oxygen atoms in total. The largest absolute Gasteiger partial charge is 0.293 e. The molecule has 3 aliphatic heterocycles. The molecule has 0 spiro atoms. The lowest BCUT2D eigenvalue weighted by Crippen LogP contribution is -2.65. The van der Waals surface area contributed by atoms with Gasteiger partial charge in [0.1, 0.15) is 0 Å². The maximum atomic E-state index is 12.9. The molecule has 0 saturated heterocycles. The van der Waals surface area contributed by atoms with Gasteiger partial charge in [-0.15, -0.1) is 10.2 Å². The number of amidine groups is 2. The zero-order valence-corrected chi connectivity index (χ0v) is 19.7. The van der Waals surface area contributed by atoms with Gasteiger partial charge < -0.3 is 0 Å². The third kappa shape index (κ3) is 3.06. The Labute approximate surface area is 203 Å². The van der Waals surface area contributed by atoms with Gasteiger partial charge in [-0.05, 0) is 42.8 Å². The van der Waals surface area contributed by atoms with Crippen molar-refractivity contribution in [3.05, 3.63) is 84.4 Å². The van der Waals surface area contributed by atoms with Crippen molar-refractivity contribution in [2.24, 2.45) is 10.2 Å². The Balaban J connectivity index is 1.64. The van der Waals surface area contributed by atoms with E-state index in [4.69, 9.17) is 10.2 Å². The molecule has 3 heterocycles. The number of rotatable bonds is 4. The Morgan fingerprint density at radius 3 is 1.66 bits per heavy atom. The van der Waals surface area contributed by atoms with Gasteiger partial charge in [0.25, 0.3) is 0 Å². The van der Waals surface area contributed by atoms with Crippen LogP contribution in [0.3, 0.4) is 0 Å². The van der Waals surface area contributed by atoms with E-state index in [0.29, 0.717) is 11.7 Å². The molecule has 0 radical (unpaired) electrons. The Morgan fingerprint density at radius 2 is 1.14 bits per heavy atom. The van der Waals surface area contributed by atoms with Crippen molar-refractivity contribution in [1.82, 2.24) is 0 Å². The van der Waals surface area contributed by atoms with Gasteiger partial charge in [-0.1, -0.05) is 48.5 Å². The van der Waals surface area contributed by atoms with Crippen LogP contribution in [0.5, 0.6) is 0 Å². The second-order valence-electron chi connectivity index (χ2n) is 8.83. The maximum absolute atomic E-state index is 12.9. The number of Topliss-reactive ketones (excluding diaryl/α,β-unsaturated/α-hetero) is 2. The number of hydrazone groups is 2. The molecule has 6 rings (SSSR count). The predicted molar refractivity (Wildman–Crippen MR) is 138 cm³/mol. The SMILES string of the molecule is CC(=O)C1=NN(c2ccccc2)C2C3N(c4ccccc4)N=C(C(C)=O)N3c3c(C)cccc3N12. The van der Waals surface area contributed by atoms with Crippen molar-refractivity contribution in [1.29, 1.82) is 0 Å². The van der Waals surface area contributed by atoms with Crippen molar-refractivity contribution < 1.29 is 9.59 Å². The zero-order valence-electron chi connectivity index (χ0n) is 19.7. The third-order valence-electron chi connectivity index (χ3n) is 6.55. The van der Waals surface area contributed by atoms with Crippen LogP contribution < -0.4 is 19.8 Å². The van der Waals surface area contributed by atoms with Gasteiger partial charge in [-0.2, -0.15) is 0 Å². The number of benzene rings is 3. The summed E-state index contributed by atoms with van der Waals surface area (Å²) in [6.45, 7) is 5.08. The van der Waals surface area contributed by atoms with Crippen LogP contribution in [0.25, 0.3) is 0 Å². The van der Waals surface area contributed by atoms with Gasteiger partial charge in [0, 0.05) is 13.8 Å². The summed E-state index contributed by atoms with van der Waals surface area (Å²) in [7, 11) is 0. The number of nitrogens with zero attached hydrogens (tertiary/aromatic N) is 6. The summed E-state index contributed by atoms with van der Waals surface area (Å²) in [4.78, 5) is 29.8. The molecule has 3 aliphatic rings. The summed E-state index contributed by atoms with van der Waals surface area (Å²) in [6, 6.07) is 25.5. The molecule has 0 saturated carbocycles. The molecular formula is C27H24N6O2. The highest BCUT2D eigenvalue weighted by Gasteiger charge is 2.56. The second-order valence-corrected chi connectivity index (χ2v) is 8.83. The van der Waals surface area contributed by atoms with Gasteiger partial charge in [0.15, 0.2) is 35.6 Å². The minimum Gasteiger partial charge on any atom is -0.293 e. The molecule has 0 aliphatic carbocycles. The van der Waals surface area contributed by atoms with Crippen LogP contribution in [-0.4, -0.2) is 35.6 Å². The summed E-state index contributed by atoms with van der Waals surface area (Å²) in [5, 5.41) is 13.4. The fourth-order valence-electron chi connectivity index (χ4n) is 5.12. The van der Waals surface area contributed by atoms with Crippen LogP contribution >= 0.6 is 0 Å². The number of carbonyl (C=O) groups excluding carboxylic acids is 2. The molecule has 2 unspecified atom stereocenters. The first-order valence-corrected chi connectivity index (χ1v) is 11.5. The predicted octanol–water partition coefficient (Wildman–Crippen LogP) is 4.12. The van der Waals surface area contributed by atoms with E-state index in [1.54, 1.807) is 0 Å². The molecule has 35 heavy (non-hydrogen) atoms. The molecule has 3 aromatic rings. The van der Waals surface area contributed by atoms with Crippen molar-refractivity contribution >= 4 is 46.0 Å². The summed E-state index contributed by atoms with van der Waals surface area (Å²) >= 11 is 0. The normalized spacial score (nSPS) is 20.2. The first kappa shape index (κ1) is 21.1. The van der Waals surface area contributed by atoms with Crippen LogP contribution in [0, 0.1) is 6.92 Å². The minimum atomic E-state index is -0.453. The molecule has 0 aromatic heterocycles. The number of aryl methyl sites for hydroxylation is 1. The zero-order chi connectivity index (χ0) is 24.3. The molecule has 0 N–H and O–H groups in total. The van der Waals surface area contributed by atoms with E-state index in [9.17, 15) is 9.59 Å². The second kappa shape index (κ2) is 7.80. The molecule has 2 atom stereocenters. The number of fused-ring (bicyclic) bond motifs is 6. The number of anilines is 4. The van der Waals surface area contributed by atoms with Crippen LogP contribution in [-0.2, 0) is 9.59 Å². The van der Waals surface area contributed by atoms with Crippen molar-refractivity contribution in [2.75, 3.05) is 19.8 Å². The number of ketones is 2. The third-order valence-corrected chi connectivity index (χ3v) is 6.55. The monoisotopic (exact) mass is 464 g/mol. The highest BCUT2D eigenvalue weighted by atomic mass is 16.1. The lowest BCUT2D eigenvalue weighted by atomic mass is 10.0. The topological polar surface area (TPSA) is 71.8 Å². The quantitative estimate of drug-likeness (QED) is 0.579. The molecule has 174 valence electrons. The van der Waals surface area contributed by atoms with Gasteiger partial charge in [-0.3, -0.25) is 19.4 Å². The van der Waals surface area contributed by atoms with E-state index in [0.717, 1.165) is 28.3 Å². The molecule has 0 amide bonds. The highest BCUT2D eigenvalue weighted by molar-refractivity contribution is 6.47. The van der Waals surface area contributed by atoms with E-state index in [2.05, 4.69) is 0 Å². The molecule has 3 aromatic carbocycles. The summed E-state index contributed by atoms with van der Waals surface area (Å²) in [6.07, 6.45) is -0.905. The molecular weight excluding hydrogens is 440 g/mol. The Kier molecular flexibility index (Phi) is 4.70. The lowest BCUT2D eigenvalue weighted by molar-refractivity contribution is -0.112. The summed E-state index contributed by atoms with van der Waals surface area (Å²) in [5.41, 5.74) is 4.35. The van der Waals surface area contributed by atoms with E-state index in [-0.39, 0.29) is 11.6 Å². The highest BCUT2D eigenvalue weighted by Crippen LogP contribution is 2.48. The van der Waals surface area contributed by atoms with E-state index >= 15 is 0 Å².